The van der Waals surface area contributed by atoms with Gasteiger partial charge in [-0.25, -0.2) is 15.0 Å². The Morgan fingerprint density at radius 2 is 2.27 bits per heavy atom. The number of rotatable bonds is 4. The van der Waals surface area contributed by atoms with Crippen LogP contribution in [0.2, 0.25) is 0 Å². The summed E-state index contributed by atoms with van der Waals surface area (Å²) in [4.78, 5) is 8.93. The molecule has 6 nitrogen and oxygen atoms in total. The highest BCUT2D eigenvalue weighted by atomic mass is 32.1. The lowest BCUT2D eigenvalue weighted by Crippen LogP contribution is -2.27. The molecule has 0 amide bonds. The van der Waals surface area contributed by atoms with Crippen LogP contribution < -0.4 is 10.5 Å². The lowest BCUT2D eigenvalue weighted by atomic mass is 9.79. The summed E-state index contributed by atoms with van der Waals surface area (Å²) in [5.41, 5.74) is 5.21. The molecule has 0 radical (unpaired) electrons. The quantitative estimate of drug-likeness (QED) is 0.437. The smallest absolute Gasteiger partial charge is 0.423 e. The van der Waals surface area contributed by atoms with Gasteiger partial charge >= 0.3 is 7.12 Å². The lowest BCUT2D eigenvalue weighted by Gasteiger charge is -2.12. The first kappa shape index (κ1) is 15.9. The van der Waals surface area contributed by atoms with E-state index < -0.39 is 7.12 Å². The summed E-state index contributed by atoms with van der Waals surface area (Å²) in [7, 11) is 1.09. The minimum Gasteiger partial charge on any atom is -0.423 e. The third-order valence-corrected chi connectivity index (χ3v) is 5.88. The van der Waals surface area contributed by atoms with Crippen molar-refractivity contribution in [1.29, 1.82) is 0 Å². The highest BCUT2D eigenvalue weighted by molar-refractivity contribution is 7.18. The zero-order chi connectivity index (χ0) is 17.7. The van der Waals surface area contributed by atoms with Crippen molar-refractivity contribution in [3.05, 3.63) is 46.6 Å². The minimum atomic E-state index is -0.813. The Labute approximate surface area is 155 Å². The highest BCUT2D eigenvalue weighted by Gasteiger charge is 2.28. The molecule has 0 saturated heterocycles. The van der Waals surface area contributed by atoms with Gasteiger partial charge in [-0.2, -0.15) is 5.10 Å². The SMILES string of the molecule is CN(/N=C/c1ccc2c(c1)COB2O)c1ncnc2c(C3CC3)csc12. The second-order valence-electron chi connectivity index (χ2n) is 6.73. The summed E-state index contributed by atoms with van der Waals surface area (Å²) in [5, 5.41) is 18.3. The van der Waals surface area contributed by atoms with Crippen LogP contribution in [0.1, 0.15) is 35.4 Å². The van der Waals surface area contributed by atoms with Crippen molar-refractivity contribution in [2.75, 3.05) is 12.1 Å². The molecule has 8 heteroatoms. The van der Waals surface area contributed by atoms with Crippen LogP contribution in [0.25, 0.3) is 10.2 Å². The van der Waals surface area contributed by atoms with Gasteiger partial charge in [-0.05, 0) is 52.4 Å². The second kappa shape index (κ2) is 6.16. The zero-order valence-electron chi connectivity index (χ0n) is 14.3. The first-order chi connectivity index (χ1) is 12.7. The Morgan fingerprint density at radius 1 is 1.38 bits per heavy atom. The number of thiophene rings is 1. The number of aromatic nitrogens is 2. The van der Waals surface area contributed by atoms with Crippen molar-refractivity contribution >= 4 is 46.2 Å². The minimum absolute atomic E-state index is 0.430. The predicted octanol–water partition coefficient (Wildman–Crippen LogP) is 2.26. The van der Waals surface area contributed by atoms with Gasteiger partial charge in [0.2, 0.25) is 0 Å². The van der Waals surface area contributed by atoms with Gasteiger partial charge in [0.25, 0.3) is 0 Å². The van der Waals surface area contributed by atoms with Gasteiger partial charge in [-0.15, -0.1) is 11.3 Å². The van der Waals surface area contributed by atoms with Crippen molar-refractivity contribution in [2.45, 2.75) is 25.4 Å². The van der Waals surface area contributed by atoms with Gasteiger partial charge in [0, 0.05) is 7.05 Å². The van der Waals surface area contributed by atoms with E-state index in [1.807, 2.05) is 25.2 Å². The molecule has 2 aromatic heterocycles. The molecule has 0 unspecified atom stereocenters. The first-order valence-corrected chi connectivity index (χ1v) is 9.51. The van der Waals surface area contributed by atoms with Crippen molar-refractivity contribution in [1.82, 2.24) is 9.97 Å². The third-order valence-electron chi connectivity index (χ3n) is 4.90. The molecule has 1 saturated carbocycles. The van der Waals surface area contributed by atoms with Crippen LogP contribution in [0, 0.1) is 0 Å². The summed E-state index contributed by atoms with van der Waals surface area (Å²) >= 11 is 1.69. The van der Waals surface area contributed by atoms with Crippen LogP contribution in [0.5, 0.6) is 0 Å². The molecular formula is C18H17BN4O2S. The Bertz CT molecular complexity index is 1020. The molecule has 26 heavy (non-hydrogen) atoms. The Morgan fingerprint density at radius 3 is 3.12 bits per heavy atom. The second-order valence-corrected chi connectivity index (χ2v) is 7.61. The lowest BCUT2D eigenvalue weighted by molar-refractivity contribution is 0.275. The maximum atomic E-state index is 9.71. The van der Waals surface area contributed by atoms with Crippen LogP contribution >= 0.6 is 11.3 Å². The number of nitrogens with zero attached hydrogens (tertiary/aromatic N) is 4. The Balaban J connectivity index is 1.43. The maximum Gasteiger partial charge on any atom is 0.491 e. The van der Waals surface area contributed by atoms with Gasteiger partial charge in [0.15, 0.2) is 5.82 Å². The van der Waals surface area contributed by atoms with E-state index in [2.05, 4.69) is 20.4 Å². The largest absolute Gasteiger partial charge is 0.491 e. The molecule has 3 aromatic rings. The fourth-order valence-corrected chi connectivity index (χ4v) is 4.43. The van der Waals surface area contributed by atoms with Crippen molar-refractivity contribution in [3.8, 4) is 0 Å². The first-order valence-electron chi connectivity index (χ1n) is 8.63. The molecular weight excluding hydrogens is 347 g/mol. The topological polar surface area (TPSA) is 70.8 Å². The van der Waals surface area contributed by atoms with Crippen molar-refractivity contribution in [2.24, 2.45) is 5.10 Å². The van der Waals surface area contributed by atoms with E-state index in [9.17, 15) is 5.02 Å². The molecule has 1 aliphatic carbocycles. The fraction of sp³-hybridized carbons (Fsp3) is 0.278. The van der Waals surface area contributed by atoms with E-state index in [0.717, 1.165) is 32.6 Å². The van der Waals surface area contributed by atoms with Gasteiger partial charge in [-0.1, -0.05) is 12.1 Å². The van der Waals surface area contributed by atoms with E-state index in [1.165, 1.54) is 18.4 Å². The van der Waals surface area contributed by atoms with Gasteiger partial charge < -0.3 is 9.68 Å². The molecule has 5 rings (SSSR count). The van der Waals surface area contributed by atoms with E-state index in [1.54, 1.807) is 28.9 Å². The monoisotopic (exact) mass is 364 g/mol. The van der Waals surface area contributed by atoms with E-state index in [0.29, 0.717) is 12.5 Å². The van der Waals surface area contributed by atoms with E-state index >= 15 is 0 Å². The van der Waals surface area contributed by atoms with Gasteiger partial charge in [0.1, 0.15) is 6.33 Å². The summed E-state index contributed by atoms with van der Waals surface area (Å²) in [5.74, 6) is 1.49. The van der Waals surface area contributed by atoms with Gasteiger partial charge in [0.05, 0.1) is 23.0 Å². The number of benzene rings is 1. The van der Waals surface area contributed by atoms with Gasteiger partial charge in [-0.3, -0.25) is 0 Å². The number of hydrogen-bond donors (Lipinski definition) is 1. The highest BCUT2D eigenvalue weighted by Crippen LogP contribution is 2.45. The molecule has 0 bridgehead atoms. The molecule has 0 atom stereocenters. The number of hydrogen-bond acceptors (Lipinski definition) is 7. The molecule has 1 aromatic carbocycles. The Kier molecular flexibility index (Phi) is 3.77. The molecule has 3 heterocycles. The molecule has 1 N–H and O–H groups in total. The predicted molar refractivity (Wildman–Crippen MR) is 104 cm³/mol. The summed E-state index contributed by atoms with van der Waals surface area (Å²) in [6.45, 7) is 0.430. The summed E-state index contributed by atoms with van der Waals surface area (Å²) in [6, 6.07) is 5.81. The average Bonchev–Trinajstić information content (AvgIpc) is 3.31. The van der Waals surface area contributed by atoms with Crippen LogP contribution in [0.15, 0.2) is 35.0 Å². The molecule has 130 valence electrons. The Hall–Kier alpha value is -2.29. The number of hydrazone groups is 1. The molecule has 1 aliphatic heterocycles. The normalized spacial score (nSPS) is 16.6. The average molecular weight is 364 g/mol. The zero-order valence-corrected chi connectivity index (χ0v) is 15.1. The van der Waals surface area contributed by atoms with Crippen molar-refractivity contribution in [3.63, 3.8) is 0 Å². The molecule has 2 aliphatic rings. The van der Waals surface area contributed by atoms with E-state index in [4.69, 9.17) is 4.65 Å². The van der Waals surface area contributed by atoms with Crippen LogP contribution in [-0.2, 0) is 11.3 Å². The molecule has 1 fully saturated rings. The molecule has 0 spiro atoms. The number of anilines is 1. The summed E-state index contributed by atoms with van der Waals surface area (Å²) in [6.07, 6.45) is 5.94. The number of fused-ring (bicyclic) bond motifs is 2. The van der Waals surface area contributed by atoms with Crippen LogP contribution in [-0.4, -0.2) is 35.4 Å². The summed E-state index contributed by atoms with van der Waals surface area (Å²) < 4.78 is 6.32. The standard InChI is InChI=1S/C18H17BN4O2S/c1-23(22-7-11-2-5-15-13(6-11)8-25-19(15)24)18-17-16(20-10-21-18)14(9-26-17)12-3-4-12/h2,5-7,9-10,12,24H,3-4,8H2,1H3/b22-7+. The third kappa shape index (κ3) is 2.70. The van der Waals surface area contributed by atoms with Crippen LogP contribution in [0.3, 0.4) is 0 Å². The van der Waals surface area contributed by atoms with Crippen molar-refractivity contribution < 1.29 is 9.68 Å². The fourth-order valence-electron chi connectivity index (χ4n) is 3.31. The maximum absolute atomic E-state index is 9.71. The van der Waals surface area contributed by atoms with E-state index in [-0.39, 0.29) is 0 Å². The van der Waals surface area contributed by atoms with Crippen LogP contribution in [0.4, 0.5) is 5.82 Å².